The van der Waals surface area contributed by atoms with Crippen molar-refractivity contribution in [3.05, 3.63) is 23.3 Å². The molecule has 7 aliphatic rings. The van der Waals surface area contributed by atoms with Gasteiger partial charge in [0.15, 0.2) is 5.78 Å². The minimum atomic E-state index is -1.00. The Morgan fingerprint density at radius 3 is 2.83 bits per heavy atom. The van der Waals surface area contributed by atoms with Crippen molar-refractivity contribution < 1.29 is 19.3 Å². The maximum absolute atomic E-state index is 13.3. The standard InChI is InChI=1S/C19H26O4/c1-12-6-5-8-18(4)15-10-14-16(20)17(3,9-7-12)13(2)11-19(14,22-18)23-21-15/h6,10,13,15H,5,7-9,11H2,1-4H3/b12-6+/t13-,15-,17+,18+,19+/m1/s1. The van der Waals surface area contributed by atoms with Crippen LogP contribution in [-0.2, 0) is 19.3 Å². The second kappa shape index (κ2) is 4.78. The third-order valence-electron chi connectivity index (χ3n) is 6.61. The number of allylic oxidation sites excluding steroid dienone is 2. The summed E-state index contributed by atoms with van der Waals surface area (Å²) < 4.78 is 6.44. The Kier molecular flexibility index (Phi) is 3.23. The van der Waals surface area contributed by atoms with Gasteiger partial charge in [-0.2, -0.15) is 4.89 Å². The molecule has 1 saturated heterocycles. The number of rotatable bonds is 0. The molecule has 23 heavy (non-hydrogen) atoms. The summed E-state index contributed by atoms with van der Waals surface area (Å²) in [6.45, 7) is 8.49. The Labute approximate surface area is 137 Å². The Balaban J connectivity index is 1.86. The Morgan fingerprint density at radius 1 is 1.26 bits per heavy atom. The quantitative estimate of drug-likeness (QED) is 0.502. The minimum Gasteiger partial charge on any atom is -0.334 e. The molecule has 126 valence electrons. The predicted molar refractivity (Wildman–Crippen MR) is 85.4 cm³/mol. The van der Waals surface area contributed by atoms with E-state index >= 15 is 0 Å². The molecule has 0 aromatic carbocycles. The molecule has 0 amide bonds. The molecule has 0 N–H and O–H groups in total. The number of ketones is 1. The van der Waals surface area contributed by atoms with E-state index in [4.69, 9.17) is 14.5 Å². The van der Waals surface area contributed by atoms with Crippen LogP contribution in [0.3, 0.4) is 0 Å². The fourth-order valence-electron chi connectivity index (χ4n) is 4.58. The smallest absolute Gasteiger partial charge is 0.231 e. The maximum Gasteiger partial charge on any atom is 0.231 e. The highest BCUT2D eigenvalue weighted by molar-refractivity contribution is 6.02. The molecule has 0 radical (unpaired) electrons. The number of carbonyl (C=O) groups excluding carboxylic acids is 1. The van der Waals surface area contributed by atoms with Gasteiger partial charge in [-0.05, 0) is 51.5 Å². The lowest BCUT2D eigenvalue weighted by Crippen LogP contribution is -2.66. The SMILES string of the molecule is C/C1=C\CC[C@]2(C)O[C@]34C[C@@H](C)[C@](C)(CC1)C(=O)C3=C[C@H]2OO4. The lowest BCUT2D eigenvalue weighted by Gasteiger charge is -2.58. The van der Waals surface area contributed by atoms with E-state index < -0.39 is 11.4 Å². The fraction of sp³-hybridized carbons (Fsp3) is 0.737. The van der Waals surface area contributed by atoms with Crippen LogP contribution in [0, 0.1) is 11.3 Å². The highest BCUT2D eigenvalue weighted by Crippen LogP contribution is 2.56. The van der Waals surface area contributed by atoms with Crippen LogP contribution in [0.15, 0.2) is 23.3 Å². The first kappa shape index (κ1) is 15.6. The van der Waals surface area contributed by atoms with Crippen molar-refractivity contribution in [1.82, 2.24) is 0 Å². The zero-order valence-electron chi connectivity index (χ0n) is 14.5. The third kappa shape index (κ3) is 2.04. The zero-order chi connectivity index (χ0) is 16.5. The van der Waals surface area contributed by atoms with E-state index in [9.17, 15) is 4.79 Å². The number of fused-ring (bicyclic) bond motifs is 2. The molecule has 1 saturated carbocycles. The maximum atomic E-state index is 13.3. The Hall–Kier alpha value is -0.970. The van der Waals surface area contributed by atoms with Crippen LogP contribution < -0.4 is 0 Å². The zero-order valence-corrected chi connectivity index (χ0v) is 14.5. The topological polar surface area (TPSA) is 44.8 Å². The van der Waals surface area contributed by atoms with E-state index in [0.717, 1.165) is 25.7 Å². The molecule has 5 aliphatic heterocycles. The average molecular weight is 318 g/mol. The van der Waals surface area contributed by atoms with Gasteiger partial charge in [0.05, 0.1) is 5.57 Å². The minimum absolute atomic E-state index is 0.181. The highest BCUT2D eigenvalue weighted by atomic mass is 17.2. The van der Waals surface area contributed by atoms with Gasteiger partial charge in [0.2, 0.25) is 5.79 Å². The van der Waals surface area contributed by atoms with E-state index in [1.165, 1.54) is 5.57 Å². The monoisotopic (exact) mass is 318 g/mol. The molecule has 2 fully saturated rings. The Morgan fingerprint density at radius 2 is 2.04 bits per heavy atom. The van der Waals surface area contributed by atoms with Gasteiger partial charge in [-0.1, -0.05) is 25.5 Å². The van der Waals surface area contributed by atoms with Gasteiger partial charge in [-0.3, -0.25) is 4.79 Å². The largest absolute Gasteiger partial charge is 0.334 e. The summed E-state index contributed by atoms with van der Waals surface area (Å²) in [7, 11) is 0. The third-order valence-corrected chi connectivity index (χ3v) is 6.61. The summed E-state index contributed by atoms with van der Waals surface area (Å²) in [6.07, 6.45) is 8.31. The molecule has 4 nitrogen and oxygen atoms in total. The molecule has 0 aromatic heterocycles. The molecule has 5 heterocycles. The van der Waals surface area contributed by atoms with Gasteiger partial charge < -0.3 is 4.74 Å². The van der Waals surface area contributed by atoms with Gasteiger partial charge in [-0.25, -0.2) is 4.89 Å². The first-order valence-corrected chi connectivity index (χ1v) is 8.76. The Bertz CT molecular complexity index is 621. The van der Waals surface area contributed by atoms with Crippen molar-refractivity contribution in [2.24, 2.45) is 11.3 Å². The highest BCUT2D eigenvalue weighted by Gasteiger charge is 2.64. The molecule has 0 unspecified atom stereocenters. The second-order valence-electron chi connectivity index (χ2n) is 8.29. The number of hydrogen-bond donors (Lipinski definition) is 0. The number of Topliss-reactive ketones (excluding diaryl/α,β-unsaturated/α-hetero) is 1. The first-order chi connectivity index (χ1) is 10.8. The van der Waals surface area contributed by atoms with Crippen LogP contribution in [0.4, 0.5) is 0 Å². The van der Waals surface area contributed by atoms with Crippen molar-refractivity contribution in [2.75, 3.05) is 0 Å². The van der Waals surface area contributed by atoms with Crippen LogP contribution in [0.2, 0.25) is 0 Å². The predicted octanol–water partition coefficient (Wildman–Crippen LogP) is 3.86. The van der Waals surface area contributed by atoms with Crippen LogP contribution in [0.25, 0.3) is 0 Å². The van der Waals surface area contributed by atoms with Gasteiger partial charge in [0, 0.05) is 11.8 Å². The summed E-state index contributed by atoms with van der Waals surface area (Å²) in [4.78, 5) is 24.6. The van der Waals surface area contributed by atoms with Gasteiger partial charge in [0.1, 0.15) is 11.7 Å². The van der Waals surface area contributed by atoms with Crippen molar-refractivity contribution >= 4 is 5.78 Å². The lowest BCUT2D eigenvalue weighted by atomic mass is 9.60. The summed E-state index contributed by atoms with van der Waals surface area (Å²) in [5, 5.41) is 0. The molecule has 2 aliphatic carbocycles. The van der Waals surface area contributed by atoms with Crippen molar-refractivity contribution in [2.45, 2.75) is 77.3 Å². The molecule has 5 bridgehead atoms. The van der Waals surface area contributed by atoms with Crippen LogP contribution in [0.5, 0.6) is 0 Å². The molecule has 1 spiro atoms. The second-order valence-corrected chi connectivity index (χ2v) is 8.29. The first-order valence-electron chi connectivity index (χ1n) is 8.76. The molecule has 0 aromatic rings. The normalized spacial score (nSPS) is 51.7. The number of carbonyl (C=O) groups is 1. The van der Waals surface area contributed by atoms with Gasteiger partial charge in [0.25, 0.3) is 0 Å². The molecule has 5 atom stereocenters. The van der Waals surface area contributed by atoms with Crippen molar-refractivity contribution in [3.63, 3.8) is 0 Å². The van der Waals surface area contributed by atoms with E-state index in [0.29, 0.717) is 12.0 Å². The fourth-order valence-corrected chi connectivity index (χ4v) is 4.58. The lowest BCUT2D eigenvalue weighted by molar-refractivity contribution is -0.514. The number of hydrogen-bond acceptors (Lipinski definition) is 4. The summed E-state index contributed by atoms with van der Waals surface area (Å²) >= 11 is 0. The van der Waals surface area contributed by atoms with E-state index in [1.807, 2.05) is 6.08 Å². The van der Waals surface area contributed by atoms with Gasteiger partial charge >= 0.3 is 0 Å². The molecule has 4 heteroatoms. The van der Waals surface area contributed by atoms with Crippen LogP contribution >= 0.6 is 0 Å². The molecular weight excluding hydrogens is 292 g/mol. The summed E-state index contributed by atoms with van der Waals surface area (Å²) in [5.74, 6) is -0.640. The average Bonchev–Trinajstić information content (AvgIpc) is 2.49. The number of ether oxygens (including phenoxy) is 1. The van der Waals surface area contributed by atoms with E-state index in [2.05, 4.69) is 33.8 Å². The van der Waals surface area contributed by atoms with E-state index in [1.54, 1.807) is 0 Å². The van der Waals surface area contributed by atoms with Crippen molar-refractivity contribution in [1.29, 1.82) is 0 Å². The molecule has 7 rings (SSSR count). The summed E-state index contributed by atoms with van der Waals surface area (Å²) in [5.41, 5.74) is 1.26. The van der Waals surface area contributed by atoms with E-state index in [-0.39, 0.29) is 23.2 Å². The van der Waals surface area contributed by atoms with Crippen molar-refractivity contribution in [3.8, 4) is 0 Å². The van der Waals surface area contributed by atoms with Crippen LogP contribution in [0.1, 0.15) is 59.8 Å². The molecular formula is C19H26O4. The van der Waals surface area contributed by atoms with Gasteiger partial charge in [-0.15, -0.1) is 0 Å². The summed E-state index contributed by atoms with van der Waals surface area (Å²) in [6, 6.07) is 0. The van der Waals surface area contributed by atoms with Crippen LogP contribution in [-0.4, -0.2) is 23.3 Å².